The molecule has 0 aliphatic heterocycles. The standard InChI is InChI=1S/C12H14N2O3S/c1-4-9(2)14-18(16,17)12-7-5-11(6-8-12)13-10(3)15/h1,5-9,14H,2-3H3,(H,13,15). The Hall–Kier alpha value is -1.84. The summed E-state index contributed by atoms with van der Waals surface area (Å²) in [6.07, 6.45) is 5.11. The first-order valence-electron chi connectivity index (χ1n) is 5.21. The number of anilines is 1. The van der Waals surface area contributed by atoms with Gasteiger partial charge in [0, 0.05) is 12.6 Å². The first-order chi connectivity index (χ1) is 8.35. The maximum atomic E-state index is 11.8. The Balaban J connectivity index is 2.91. The van der Waals surface area contributed by atoms with Gasteiger partial charge < -0.3 is 5.32 Å². The predicted octanol–water partition coefficient (Wildman–Crippen LogP) is 0.945. The number of hydrogen-bond acceptors (Lipinski definition) is 3. The lowest BCUT2D eigenvalue weighted by Gasteiger charge is -2.09. The third-order valence-corrected chi connectivity index (χ3v) is 3.62. The number of rotatable bonds is 4. The van der Waals surface area contributed by atoms with Gasteiger partial charge in [0.15, 0.2) is 0 Å². The van der Waals surface area contributed by atoms with Crippen LogP contribution in [0.3, 0.4) is 0 Å². The number of carbonyl (C=O) groups is 1. The highest BCUT2D eigenvalue weighted by Crippen LogP contribution is 2.14. The summed E-state index contributed by atoms with van der Waals surface area (Å²) in [7, 11) is -3.62. The first kappa shape index (κ1) is 14.2. The Kier molecular flexibility index (Phi) is 4.48. The third kappa shape index (κ3) is 3.87. The fraction of sp³-hybridized carbons (Fsp3) is 0.250. The molecule has 0 radical (unpaired) electrons. The molecule has 96 valence electrons. The van der Waals surface area contributed by atoms with Crippen molar-refractivity contribution in [3.05, 3.63) is 24.3 Å². The number of carbonyl (C=O) groups excluding carboxylic acids is 1. The molecule has 2 N–H and O–H groups in total. The largest absolute Gasteiger partial charge is 0.326 e. The summed E-state index contributed by atoms with van der Waals surface area (Å²) >= 11 is 0. The molecule has 0 aromatic heterocycles. The van der Waals surface area contributed by atoms with Gasteiger partial charge in [-0.3, -0.25) is 4.79 Å². The van der Waals surface area contributed by atoms with Gasteiger partial charge in [0.25, 0.3) is 0 Å². The Morgan fingerprint density at radius 1 is 1.33 bits per heavy atom. The van der Waals surface area contributed by atoms with Crippen LogP contribution in [0.15, 0.2) is 29.2 Å². The molecular formula is C12H14N2O3S. The number of amides is 1. The third-order valence-electron chi connectivity index (χ3n) is 2.07. The van der Waals surface area contributed by atoms with Crippen molar-refractivity contribution < 1.29 is 13.2 Å². The van der Waals surface area contributed by atoms with Crippen LogP contribution in [0, 0.1) is 12.3 Å². The Morgan fingerprint density at radius 3 is 2.33 bits per heavy atom. The van der Waals surface area contributed by atoms with Crippen LogP contribution in [0.1, 0.15) is 13.8 Å². The van der Waals surface area contributed by atoms with Crippen molar-refractivity contribution in [2.24, 2.45) is 0 Å². The second-order valence-electron chi connectivity index (χ2n) is 3.72. The summed E-state index contributed by atoms with van der Waals surface area (Å²) in [5.74, 6) is 2.06. The Bertz CT molecular complexity index is 570. The number of sulfonamides is 1. The lowest BCUT2D eigenvalue weighted by atomic mass is 10.3. The fourth-order valence-corrected chi connectivity index (χ4v) is 2.42. The highest BCUT2D eigenvalue weighted by atomic mass is 32.2. The molecule has 1 amide bonds. The van der Waals surface area contributed by atoms with Crippen LogP contribution in [-0.4, -0.2) is 20.4 Å². The topological polar surface area (TPSA) is 75.3 Å². The van der Waals surface area contributed by atoms with Crippen LogP contribution < -0.4 is 10.0 Å². The van der Waals surface area contributed by atoms with Crippen LogP contribution in [0.5, 0.6) is 0 Å². The van der Waals surface area contributed by atoms with Crippen LogP contribution in [-0.2, 0) is 14.8 Å². The second kappa shape index (κ2) is 5.67. The van der Waals surface area contributed by atoms with Crippen molar-refractivity contribution in [3.63, 3.8) is 0 Å². The van der Waals surface area contributed by atoms with Crippen LogP contribution in [0.2, 0.25) is 0 Å². The SMILES string of the molecule is C#CC(C)NS(=O)(=O)c1ccc(NC(C)=O)cc1. The van der Waals surface area contributed by atoms with Gasteiger partial charge in [-0.2, -0.15) is 4.72 Å². The second-order valence-corrected chi connectivity index (χ2v) is 5.43. The molecule has 5 nitrogen and oxygen atoms in total. The molecule has 1 unspecified atom stereocenters. The average Bonchev–Trinajstić information content (AvgIpc) is 2.28. The van der Waals surface area contributed by atoms with E-state index in [-0.39, 0.29) is 10.8 Å². The minimum absolute atomic E-state index is 0.0960. The van der Waals surface area contributed by atoms with Crippen LogP contribution >= 0.6 is 0 Å². The molecule has 0 heterocycles. The van der Waals surface area contributed by atoms with E-state index in [1.165, 1.54) is 31.2 Å². The molecule has 18 heavy (non-hydrogen) atoms. The molecule has 1 atom stereocenters. The molecule has 1 aromatic rings. The summed E-state index contributed by atoms with van der Waals surface area (Å²) < 4.78 is 26.0. The Labute approximate surface area is 107 Å². The minimum atomic E-state index is -3.62. The van der Waals surface area contributed by atoms with Gasteiger partial charge in [-0.05, 0) is 31.2 Å². The van der Waals surface area contributed by atoms with E-state index in [2.05, 4.69) is 16.0 Å². The lowest BCUT2D eigenvalue weighted by molar-refractivity contribution is -0.114. The summed E-state index contributed by atoms with van der Waals surface area (Å²) in [6.45, 7) is 2.95. The highest BCUT2D eigenvalue weighted by Gasteiger charge is 2.15. The van der Waals surface area contributed by atoms with E-state index in [0.717, 1.165) is 0 Å². The molecule has 0 aliphatic carbocycles. The zero-order valence-corrected chi connectivity index (χ0v) is 10.9. The number of benzene rings is 1. The van der Waals surface area contributed by atoms with E-state index in [0.29, 0.717) is 5.69 Å². The van der Waals surface area contributed by atoms with Crippen molar-refractivity contribution in [2.45, 2.75) is 24.8 Å². The summed E-state index contributed by atoms with van der Waals surface area (Å²) in [6, 6.07) is 5.24. The van der Waals surface area contributed by atoms with E-state index >= 15 is 0 Å². The highest BCUT2D eigenvalue weighted by molar-refractivity contribution is 7.89. The van der Waals surface area contributed by atoms with Crippen molar-refractivity contribution in [3.8, 4) is 12.3 Å². The molecule has 1 rings (SSSR count). The quantitative estimate of drug-likeness (QED) is 0.797. The van der Waals surface area contributed by atoms with Gasteiger partial charge in [-0.1, -0.05) is 5.92 Å². The van der Waals surface area contributed by atoms with E-state index < -0.39 is 16.1 Å². The van der Waals surface area contributed by atoms with Crippen molar-refractivity contribution >= 4 is 21.6 Å². The fourth-order valence-electron chi connectivity index (χ4n) is 1.26. The van der Waals surface area contributed by atoms with Gasteiger partial charge in [-0.15, -0.1) is 6.42 Å². The number of hydrogen-bond donors (Lipinski definition) is 2. The molecule has 0 aliphatic rings. The van der Waals surface area contributed by atoms with Gasteiger partial charge in [-0.25, -0.2) is 8.42 Å². The number of nitrogens with one attached hydrogen (secondary N) is 2. The van der Waals surface area contributed by atoms with Gasteiger partial charge in [0.05, 0.1) is 10.9 Å². The zero-order valence-electron chi connectivity index (χ0n) is 10.1. The molecule has 0 saturated heterocycles. The lowest BCUT2D eigenvalue weighted by Crippen LogP contribution is -2.31. The summed E-state index contributed by atoms with van der Waals surface area (Å²) in [4.78, 5) is 10.9. The van der Waals surface area contributed by atoms with E-state index in [4.69, 9.17) is 6.42 Å². The van der Waals surface area contributed by atoms with Gasteiger partial charge in [0.1, 0.15) is 0 Å². The van der Waals surface area contributed by atoms with Gasteiger partial charge >= 0.3 is 0 Å². The minimum Gasteiger partial charge on any atom is -0.326 e. The molecular weight excluding hydrogens is 252 g/mol. The van der Waals surface area contributed by atoms with Crippen molar-refractivity contribution in [1.82, 2.24) is 4.72 Å². The molecule has 0 fully saturated rings. The summed E-state index contributed by atoms with van der Waals surface area (Å²) in [5.41, 5.74) is 0.534. The van der Waals surface area contributed by atoms with Crippen LogP contribution in [0.4, 0.5) is 5.69 Å². The Morgan fingerprint density at radius 2 is 1.89 bits per heavy atom. The van der Waals surface area contributed by atoms with Gasteiger partial charge in [0.2, 0.25) is 15.9 Å². The van der Waals surface area contributed by atoms with Crippen molar-refractivity contribution in [1.29, 1.82) is 0 Å². The van der Waals surface area contributed by atoms with Crippen LogP contribution in [0.25, 0.3) is 0 Å². The van der Waals surface area contributed by atoms with E-state index in [1.54, 1.807) is 6.92 Å². The number of terminal acetylenes is 1. The smallest absolute Gasteiger partial charge is 0.241 e. The average molecular weight is 266 g/mol. The maximum Gasteiger partial charge on any atom is 0.241 e. The monoisotopic (exact) mass is 266 g/mol. The molecule has 6 heteroatoms. The summed E-state index contributed by atoms with van der Waals surface area (Å²) in [5, 5.41) is 2.55. The maximum absolute atomic E-state index is 11.8. The molecule has 0 bridgehead atoms. The first-order valence-corrected chi connectivity index (χ1v) is 6.69. The zero-order chi connectivity index (χ0) is 13.8. The van der Waals surface area contributed by atoms with E-state index in [1.807, 2.05) is 0 Å². The normalized spacial score (nSPS) is 12.5. The van der Waals surface area contributed by atoms with E-state index in [9.17, 15) is 13.2 Å². The molecule has 0 spiro atoms. The van der Waals surface area contributed by atoms with Crippen molar-refractivity contribution in [2.75, 3.05) is 5.32 Å². The predicted molar refractivity (Wildman–Crippen MR) is 69.4 cm³/mol. The molecule has 1 aromatic carbocycles. The molecule has 0 saturated carbocycles.